The highest BCUT2D eigenvalue weighted by atomic mass is 16.6. The third-order valence-corrected chi connectivity index (χ3v) is 4.24. The Bertz CT molecular complexity index is 719. The molecule has 1 fully saturated rings. The van der Waals surface area contributed by atoms with Crippen LogP contribution in [0.5, 0.6) is 17.2 Å². The highest BCUT2D eigenvalue weighted by molar-refractivity contribution is 6.08. The highest BCUT2D eigenvalue weighted by Crippen LogP contribution is 2.36. The Morgan fingerprint density at radius 2 is 1.68 bits per heavy atom. The molecule has 2 aliphatic heterocycles. The number of aliphatic imine (C=N–C) groups is 1. The van der Waals surface area contributed by atoms with E-state index in [0.717, 1.165) is 12.8 Å². The zero-order chi connectivity index (χ0) is 17.8. The van der Waals surface area contributed by atoms with Crippen LogP contribution in [-0.2, 0) is 14.3 Å². The van der Waals surface area contributed by atoms with E-state index in [9.17, 15) is 4.79 Å². The highest BCUT2D eigenvalue weighted by Gasteiger charge is 2.30. The predicted molar refractivity (Wildman–Crippen MR) is 91.1 cm³/mol. The fourth-order valence-corrected chi connectivity index (χ4v) is 2.86. The molecule has 1 aromatic rings. The van der Waals surface area contributed by atoms with Gasteiger partial charge in [0.15, 0.2) is 17.2 Å². The standard InChI is InChI=1S/C18H21NO6/c1-21-14-10-16(23-3)15(22-2)9-12(14)8-13-18(20)25-17(19-13)11-4-6-24-7-5-11/h8-11H,4-7H2,1-3H3/b13-8-. The molecule has 0 N–H and O–H groups in total. The van der Waals surface area contributed by atoms with Crippen LogP contribution in [-0.4, -0.2) is 46.4 Å². The van der Waals surface area contributed by atoms with Crippen LogP contribution in [0.4, 0.5) is 0 Å². The second kappa shape index (κ2) is 7.57. The van der Waals surface area contributed by atoms with E-state index >= 15 is 0 Å². The lowest BCUT2D eigenvalue weighted by Crippen LogP contribution is -2.24. The first-order chi connectivity index (χ1) is 12.2. The molecule has 134 valence electrons. The Morgan fingerprint density at radius 3 is 2.32 bits per heavy atom. The molecule has 0 amide bonds. The minimum Gasteiger partial charge on any atom is -0.496 e. The van der Waals surface area contributed by atoms with Gasteiger partial charge in [-0.25, -0.2) is 9.79 Å². The van der Waals surface area contributed by atoms with Gasteiger partial charge in [-0.15, -0.1) is 0 Å². The number of carbonyl (C=O) groups excluding carboxylic acids is 1. The first-order valence-corrected chi connectivity index (χ1v) is 8.06. The number of methoxy groups -OCH3 is 3. The average Bonchev–Trinajstić information content (AvgIpc) is 3.02. The molecule has 0 saturated carbocycles. The molecule has 0 unspecified atom stereocenters. The maximum atomic E-state index is 12.2. The van der Waals surface area contributed by atoms with Crippen LogP contribution in [0, 0.1) is 5.92 Å². The number of hydrogen-bond acceptors (Lipinski definition) is 7. The molecule has 0 atom stereocenters. The SMILES string of the molecule is COc1cc(OC)c(OC)cc1/C=C1\N=C(C2CCOCC2)OC1=O. The first-order valence-electron chi connectivity index (χ1n) is 8.06. The number of benzene rings is 1. The Labute approximate surface area is 146 Å². The average molecular weight is 347 g/mol. The topological polar surface area (TPSA) is 75.6 Å². The number of hydrogen-bond donors (Lipinski definition) is 0. The predicted octanol–water partition coefficient (Wildman–Crippen LogP) is 2.44. The molecule has 7 heteroatoms. The van der Waals surface area contributed by atoms with Crippen molar-refractivity contribution in [3.8, 4) is 17.2 Å². The molecule has 0 radical (unpaired) electrons. The molecule has 25 heavy (non-hydrogen) atoms. The zero-order valence-corrected chi connectivity index (χ0v) is 14.5. The van der Waals surface area contributed by atoms with Crippen LogP contribution in [0.2, 0.25) is 0 Å². The Hall–Kier alpha value is -2.54. The maximum absolute atomic E-state index is 12.2. The first kappa shape index (κ1) is 17.3. The molecule has 1 saturated heterocycles. The van der Waals surface area contributed by atoms with Crippen molar-refractivity contribution in [2.45, 2.75) is 12.8 Å². The van der Waals surface area contributed by atoms with E-state index in [4.69, 9.17) is 23.7 Å². The summed E-state index contributed by atoms with van der Waals surface area (Å²) in [5.41, 5.74) is 0.899. The summed E-state index contributed by atoms with van der Waals surface area (Å²) in [6.07, 6.45) is 3.24. The van der Waals surface area contributed by atoms with Crippen LogP contribution in [0.25, 0.3) is 6.08 Å². The van der Waals surface area contributed by atoms with Gasteiger partial charge >= 0.3 is 5.97 Å². The van der Waals surface area contributed by atoms with Gasteiger partial charge in [-0.1, -0.05) is 0 Å². The van der Waals surface area contributed by atoms with Crippen LogP contribution < -0.4 is 14.2 Å². The summed E-state index contributed by atoms with van der Waals surface area (Å²) in [4.78, 5) is 16.6. The van der Waals surface area contributed by atoms with Crippen LogP contribution in [0.1, 0.15) is 18.4 Å². The third-order valence-electron chi connectivity index (χ3n) is 4.24. The largest absolute Gasteiger partial charge is 0.496 e. The second-order valence-electron chi connectivity index (χ2n) is 5.70. The van der Waals surface area contributed by atoms with E-state index in [1.165, 1.54) is 0 Å². The number of esters is 1. The molecule has 0 aromatic heterocycles. The number of cyclic esters (lactones) is 1. The number of rotatable bonds is 5. The smallest absolute Gasteiger partial charge is 0.363 e. The fraction of sp³-hybridized carbons (Fsp3) is 0.444. The van der Waals surface area contributed by atoms with E-state index in [-0.39, 0.29) is 11.6 Å². The number of carbonyl (C=O) groups is 1. The van der Waals surface area contributed by atoms with Crippen molar-refractivity contribution in [3.63, 3.8) is 0 Å². The van der Waals surface area contributed by atoms with Gasteiger partial charge in [0.05, 0.1) is 21.3 Å². The summed E-state index contributed by atoms with van der Waals surface area (Å²) in [6, 6.07) is 3.44. The molecular formula is C18H21NO6. The normalized spacial score (nSPS) is 19.6. The zero-order valence-electron chi connectivity index (χ0n) is 14.5. The molecule has 2 heterocycles. The molecule has 7 nitrogen and oxygen atoms in total. The minimum absolute atomic E-state index is 0.121. The third kappa shape index (κ3) is 3.61. The second-order valence-corrected chi connectivity index (χ2v) is 5.70. The lowest BCUT2D eigenvalue weighted by atomic mass is 10.0. The molecule has 3 rings (SSSR count). The van der Waals surface area contributed by atoms with Crippen molar-refractivity contribution in [3.05, 3.63) is 23.4 Å². The Morgan fingerprint density at radius 1 is 1.04 bits per heavy atom. The van der Waals surface area contributed by atoms with E-state index in [0.29, 0.717) is 41.9 Å². The van der Waals surface area contributed by atoms with Crippen molar-refractivity contribution < 1.29 is 28.5 Å². The fourth-order valence-electron chi connectivity index (χ4n) is 2.86. The van der Waals surface area contributed by atoms with Gasteiger partial charge in [0.1, 0.15) is 5.75 Å². The number of nitrogens with zero attached hydrogens (tertiary/aromatic N) is 1. The lowest BCUT2D eigenvalue weighted by Gasteiger charge is -2.20. The van der Waals surface area contributed by atoms with Crippen LogP contribution in [0.15, 0.2) is 22.8 Å². The lowest BCUT2D eigenvalue weighted by molar-refractivity contribution is -0.130. The van der Waals surface area contributed by atoms with Crippen molar-refractivity contribution >= 4 is 17.9 Å². The monoisotopic (exact) mass is 347 g/mol. The molecule has 2 aliphatic rings. The van der Waals surface area contributed by atoms with Crippen LogP contribution in [0.3, 0.4) is 0 Å². The maximum Gasteiger partial charge on any atom is 0.363 e. The van der Waals surface area contributed by atoms with E-state index in [1.54, 1.807) is 39.5 Å². The summed E-state index contributed by atoms with van der Waals surface area (Å²) in [6.45, 7) is 1.31. The van der Waals surface area contributed by atoms with Gasteiger partial charge in [0.25, 0.3) is 0 Å². The van der Waals surface area contributed by atoms with E-state index in [2.05, 4.69) is 4.99 Å². The molecule has 0 spiro atoms. The summed E-state index contributed by atoms with van der Waals surface area (Å²) in [7, 11) is 4.65. The molecule has 0 aliphatic carbocycles. The van der Waals surface area contributed by atoms with Crippen molar-refractivity contribution in [2.75, 3.05) is 34.5 Å². The van der Waals surface area contributed by atoms with E-state index < -0.39 is 5.97 Å². The van der Waals surface area contributed by atoms with Gasteiger partial charge in [0.2, 0.25) is 5.90 Å². The Kier molecular flexibility index (Phi) is 5.23. The number of ether oxygens (including phenoxy) is 5. The van der Waals surface area contributed by atoms with Gasteiger partial charge in [0, 0.05) is 30.8 Å². The Balaban J connectivity index is 1.93. The van der Waals surface area contributed by atoms with Crippen molar-refractivity contribution in [1.29, 1.82) is 0 Å². The van der Waals surface area contributed by atoms with Gasteiger partial charge in [-0.2, -0.15) is 0 Å². The minimum atomic E-state index is -0.460. The van der Waals surface area contributed by atoms with Crippen molar-refractivity contribution in [1.82, 2.24) is 0 Å². The quantitative estimate of drug-likeness (QED) is 0.601. The molecule has 1 aromatic carbocycles. The summed E-state index contributed by atoms with van der Waals surface area (Å²) < 4.78 is 26.6. The summed E-state index contributed by atoms with van der Waals surface area (Å²) >= 11 is 0. The molecular weight excluding hydrogens is 326 g/mol. The van der Waals surface area contributed by atoms with E-state index in [1.807, 2.05) is 0 Å². The van der Waals surface area contributed by atoms with Gasteiger partial charge in [-0.05, 0) is 25.0 Å². The van der Waals surface area contributed by atoms with Gasteiger partial charge in [-0.3, -0.25) is 0 Å². The summed E-state index contributed by atoms with van der Waals surface area (Å²) in [5.74, 6) is 1.76. The van der Waals surface area contributed by atoms with Gasteiger partial charge < -0.3 is 23.7 Å². The van der Waals surface area contributed by atoms with Crippen LogP contribution >= 0.6 is 0 Å². The van der Waals surface area contributed by atoms with Crippen molar-refractivity contribution in [2.24, 2.45) is 10.9 Å². The molecule has 0 bridgehead atoms. The summed E-state index contributed by atoms with van der Waals surface area (Å²) in [5, 5.41) is 0.